The molecule has 84 valence electrons. The smallest absolute Gasteiger partial charge is 0.166 e. The average molecular weight is 227 g/mol. The Bertz CT molecular complexity index is 677. The summed E-state index contributed by atoms with van der Waals surface area (Å²) in [7, 11) is 0. The topological polar surface area (TPSA) is 50.7 Å². The number of nitrogens with zero attached hydrogens (tertiary/aromatic N) is 2. The predicted molar refractivity (Wildman–Crippen MR) is 62.3 cm³/mol. The number of rotatable bonds is 1. The second kappa shape index (κ2) is 3.66. The molecule has 0 radical (unpaired) electrons. The molecule has 3 rings (SSSR count). The molecule has 0 aromatic heterocycles. The van der Waals surface area contributed by atoms with E-state index in [1.807, 2.05) is 6.07 Å². The van der Waals surface area contributed by atoms with Gasteiger partial charge in [0, 0.05) is 5.69 Å². The second-order valence-electron chi connectivity index (χ2n) is 3.93. The summed E-state index contributed by atoms with van der Waals surface area (Å²) in [6, 6.07) is 11.7. The fourth-order valence-electron chi connectivity index (χ4n) is 1.83. The summed E-state index contributed by atoms with van der Waals surface area (Å²) in [4.78, 5) is 8.89. The second-order valence-corrected chi connectivity index (χ2v) is 3.93. The normalized spacial score (nSPS) is 17.1. The largest absolute Gasteiger partial charge is 0.399 e. The van der Waals surface area contributed by atoms with Gasteiger partial charge in [0.25, 0.3) is 0 Å². The lowest BCUT2D eigenvalue weighted by molar-refractivity contribution is 0.625. The monoisotopic (exact) mass is 227 g/mol. The Kier molecular flexibility index (Phi) is 2.14. The molecule has 0 saturated heterocycles. The van der Waals surface area contributed by atoms with Crippen molar-refractivity contribution in [2.45, 2.75) is 6.17 Å². The van der Waals surface area contributed by atoms with E-state index < -0.39 is 0 Å². The minimum atomic E-state index is -0.285. The lowest BCUT2D eigenvalue weighted by Gasteiger charge is -2.03. The van der Waals surface area contributed by atoms with Gasteiger partial charge in [-0.25, -0.2) is 4.39 Å². The van der Waals surface area contributed by atoms with Gasteiger partial charge in [-0.3, -0.25) is 9.98 Å². The molecule has 2 aromatic rings. The van der Waals surface area contributed by atoms with Crippen LogP contribution in [0.4, 0.5) is 10.1 Å². The molecular formula is C13H10FN3. The van der Waals surface area contributed by atoms with E-state index >= 15 is 0 Å². The quantitative estimate of drug-likeness (QED) is 0.735. The highest BCUT2D eigenvalue weighted by molar-refractivity contribution is 5.36. The minimum Gasteiger partial charge on any atom is -0.399 e. The number of halogens is 1. The van der Waals surface area contributed by atoms with E-state index in [1.165, 1.54) is 12.1 Å². The van der Waals surface area contributed by atoms with E-state index in [2.05, 4.69) is 9.98 Å². The highest BCUT2D eigenvalue weighted by Gasteiger charge is 2.12. The Balaban J connectivity index is 2.07. The highest BCUT2D eigenvalue weighted by atomic mass is 19.1. The molecule has 1 aliphatic rings. The first-order valence-corrected chi connectivity index (χ1v) is 5.29. The summed E-state index contributed by atoms with van der Waals surface area (Å²) in [5.74, 6) is -0.256. The number of nitrogens with two attached hydrogens (primary N) is 1. The third-order valence-electron chi connectivity index (χ3n) is 2.69. The molecule has 3 nitrogen and oxygen atoms in total. The SMILES string of the molecule is Nc1ccc2c(c1)=N[C@H](c1ccc(F)cc1)N=2. The Labute approximate surface area is 97.1 Å². The van der Waals surface area contributed by atoms with E-state index in [0.29, 0.717) is 5.69 Å². The number of benzene rings is 2. The number of anilines is 1. The van der Waals surface area contributed by atoms with Gasteiger partial charge in [0.2, 0.25) is 0 Å². The Morgan fingerprint density at radius 2 is 1.65 bits per heavy atom. The Morgan fingerprint density at radius 1 is 0.941 bits per heavy atom. The van der Waals surface area contributed by atoms with E-state index in [4.69, 9.17) is 5.73 Å². The van der Waals surface area contributed by atoms with Crippen molar-refractivity contribution in [3.63, 3.8) is 0 Å². The van der Waals surface area contributed by atoms with E-state index in [9.17, 15) is 4.39 Å². The van der Waals surface area contributed by atoms with Gasteiger partial charge < -0.3 is 5.73 Å². The molecule has 0 aliphatic carbocycles. The summed E-state index contributed by atoms with van der Waals surface area (Å²) in [6.07, 6.45) is -0.285. The predicted octanol–water partition coefficient (Wildman–Crippen LogP) is 1.36. The van der Waals surface area contributed by atoms with Crippen LogP contribution in [0.25, 0.3) is 0 Å². The number of hydrogen-bond donors (Lipinski definition) is 1. The van der Waals surface area contributed by atoms with Gasteiger partial charge in [-0.15, -0.1) is 0 Å². The molecule has 2 N–H and O–H groups in total. The van der Waals surface area contributed by atoms with Gasteiger partial charge >= 0.3 is 0 Å². The molecule has 0 amide bonds. The van der Waals surface area contributed by atoms with Crippen LogP contribution in [0.1, 0.15) is 11.7 Å². The van der Waals surface area contributed by atoms with Crippen LogP contribution < -0.4 is 16.4 Å². The standard InChI is InChI=1S/C13H10FN3/c14-9-3-1-8(2-4-9)13-16-11-6-5-10(15)7-12(11)17-13/h1-7,13H,15H2/t13-/m1/s1. The summed E-state index contributed by atoms with van der Waals surface area (Å²) >= 11 is 0. The molecule has 0 bridgehead atoms. The molecule has 1 heterocycles. The van der Waals surface area contributed by atoms with Crippen molar-refractivity contribution in [2.24, 2.45) is 9.98 Å². The van der Waals surface area contributed by atoms with Crippen molar-refractivity contribution >= 4 is 5.69 Å². The summed E-state index contributed by atoms with van der Waals surface area (Å²) in [6.45, 7) is 0. The maximum Gasteiger partial charge on any atom is 0.166 e. The van der Waals surface area contributed by atoms with Crippen molar-refractivity contribution < 1.29 is 4.39 Å². The van der Waals surface area contributed by atoms with Crippen molar-refractivity contribution in [3.8, 4) is 0 Å². The van der Waals surface area contributed by atoms with Crippen molar-refractivity contribution in [3.05, 3.63) is 64.6 Å². The van der Waals surface area contributed by atoms with Gasteiger partial charge in [-0.05, 0) is 35.9 Å². The Hall–Kier alpha value is -2.23. The molecule has 2 aromatic carbocycles. The van der Waals surface area contributed by atoms with E-state index in [0.717, 1.165) is 16.3 Å². The third kappa shape index (κ3) is 1.78. The van der Waals surface area contributed by atoms with Crippen LogP contribution in [0.2, 0.25) is 0 Å². The van der Waals surface area contributed by atoms with Crippen LogP contribution >= 0.6 is 0 Å². The first-order valence-electron chi connectivity index (χ1n) is 5.29. The fraction of sp³-hybridized carbons (Fsp3) is 0.0769. The molecule has 0 saturated carbocycles. The molecule has 0 fully saturated rings. The minimum absolute atomic E-state index is 0.256. The molecule has 0 unspecified atom stereocenters. The lowest BCUT2D eigenvalue weighted by Crippen LogP contribution is -2.21. The number of fused-ring (bicyclic) bond motifs is 1. The van der Waals surface area contributed by atoms with Gasteiger partial charge in [-0.1, -0.05) is 12.1 Å². The zero-order valence-corrected chi connectivity index (χ0v) is 8.97. The van der Waals surface area contributed by atoms with Crippen molar-refractivity contribution in [1.29, 1.82) is 0 Å². The van der Waals surface area contributed by atoms with Crippen LogP contribution in [-0.4, -0.2) is 0 Å². The zero-order valence-electron chi connectivity index (χ0n) is 8.97. The van der Waals surface area contributed by atoms with Crippen molar-refractivity contribution in [1.82, 2.24) is 0 Å². The van der Waals surface area contributed by atoms with Crippen LogP contribution in [0.5, 0.6) is 0 Å². The highest BCUT2D eigenvalue weighted by Crippen LogP contribution is 2.19. The summed E-state index contributed by atoms with van der Waals surface area (Å²) < 4.78 is 12.8. The van der Waals surface area contributed by atoms with Crippen molar-refractivity contribution in [2.75, 3.05) is 5.73 Å². The van der Waals surface area contributed by atoms with Gasteiger partial charge in [0.1, 0.15) is 5.82 Å². The molecule has 17 heavy (non-hydrogen) atoms. The van der Waals surface area contributed by atoms with Gasteiger partial charge in [0.05, 0.1) is 10.7 Å². The summed E-state index contributed by atoms with van der Waals surface area (Å²) in [5, 5.41) is 1.62. The lowest BCUT2D eigenvalue weighted by atomic mass is 10.2. The Morgan fingerprint density at radius 3 is 2.41 bits per heavy atom. The van der Waals surface area contributed by atoms with Crippen LogP contribution in [0, 0.1) is 5.82 Å². The molecule has 0 spiro atoms. The maximum absolute atomic E-state index is 12.8. The van der Waals surface area contributed by atoms with Crippen LogP contribution in [0.3, 0.4) is 0 Å². The van der Waals surface area contributed by atoms with E-state index in [1.54, 1.807) is 24.3 Å². The average Bonchev–Trinajstić information content (AvgIpc) is 2.72. The maximum atomic E-state index is 12.8. The third-order valence-corrected chi connectivity index (χ3v) is 2.69. The molecule has 1 aliphatic heterocycles. The molecular weight excluding hydrogens is 217 g/mol. The number of nitrogen functional groups attached to an aromatic ring is 1. The number of hydrogen-bond acceptors (Lipinski definition) is 3. The first-order chi connectivity index (χ1) is 8.22. The van der Waals surface area contributed by atoms with Gasteiger partial charge in [0.15, 0.2) is 6.17 Å². The van der Waals surface area contributed by atoms with Crippen LogP contribution in [-0.2, 0) is 0 Å². The fourth-order valence-corrected chi connectivity index (χ4v) is 1.83. The zero-order chi connectivity index (χ0) is 11.8. The molecule has 4 heteroatoms. The first kappa shape index (κ1) is 9.96. The van der Waals surface area contributed by atoms with Gasteiger partial charge in [-0.2, -0.15) is 0 Å². The summed E-state index contributed by atoms with van der Waals surface area (Å²) in [5.41, 5.74) is 7.23. The van der Waals surface area contributed by atoms with Crippen LogP contribution in [0.15, 0.2) is 52.4 Å². The molecule has 1 atom stereocenters. The van der Waals surface area contributed by atoms with E-state index in [-0.39, 0.29) is 12.0 Å².